The normalized spacial score (nSPS) is 17.0. The molecule has 2 aromatic rings. The van der Waals surface area contributed by atoms with Crippen molar-refractivity contribution >= 4 is 29.9 Å². The number of nitrogens with one attached hydrogen (secondary N) is 2. The lowest BCUT2D eigenvalue weighted by atomic mass is 9.94. The first-order valence-electron chi connectivity index (χ1n) is 9.08. The molecular formula is C18H30IN7. The van der Waals surface area contributed by atoms with Gasteiger partial charge in [0.05, 0.1) is 5.69 Å². The molecule has 0 spiro atoms. The highest BCUT2D eigenvalue weighted by Crippen LogP contribution is 2.21. The SMILES string of the molecule is CN=C(NCCn1ccnc1C)NC1CCc2cn(C(C)C)nc2C1.I. The van der Waals surface area contributed by atoms with E-state index in [1.807, 2.05) is 26.4 Å². The highest BCUT2D eigenvalue weighted by molar-refractivity contribution is 14.0. The van der Waals surface area contributed by atoms with E-state index in [0.717, 1.165) is 44.1 Å². The van der Waals surface area contributed by atoms with Crippen molar-refractivity contribution in [2.24, 2.45) is 4.99 Å². The van der Waals surface area contributed by atoms with Crippen LogP contribution in [0.3, 0.4) is 0 Å². The Morgan fingerprint density at radius 1 is 1.42 bits per heavy atom. The van der Waals surface area contributed by atoms with Crippen LogP contribution in [-0.4, -0.2) is 44.9 Å². The fourth-order valence-electron chi connectivity index (χ4n) is 3.22. The molecule has 0 radical (unpaired) electrons. The Labute approximate surface area is 172 Å². The number of fused-ring (bicyclic) bond motifs is 1. The number of guanidine groups is 1. The highest BCUT2D eigenvalue weighted by Gasteiger charge is 2.22. The highest BCUT2D eigenvalue weighted by atomic mass is 127. The van der Waals surface area contributed by atoms with Gasteiger partial charge in [0, 0.05) is 57.2 Å². The molecule has 1 unspecified atom stereocenters. The van der Waals surface area contributed by atoms with Crippen molar-refractivity contribution in [3.05, 3.63) is 35.7 Å². The first-order chi connectivity index (χ1) is 12.1. The summed E-state index contributed by atoms with van der Waals surface area (Å²) in [4.78, 5) is 8.60. The van der Waals surface area contributed by atoms with Gasteiger partial charge in [-0.2, -0.15) is 5.10 Å². The van der Waals surface area contributed by atoms with Crippen molar-refractivity contribution in [2.45, 2.75) is 58.7 Å². The number of nitrogens with zero attached hydrogens (tertiary/aromatic N) is 5. The summed E-state index contributed by atoms with van der Waals surface area (Å²) in [6.45, 7) is 8.05. The first-order valence-corrected chi connectivity index (χ1v) is 9.08. The number of halogens is 1. The Bertz CT molecular complexity index is 732. The summed E-state index contributed by atoms with van der Waals surface area (Å²) in [5, 5.41) is 11.7. The maximum Gasteiger partial charge on any atom is 0.191 e. The maximum absolute atomic E-state index is 4.75. The molecule has 1 atom stereocenters. The van der Waals surface area contributed by atoms with Crippen LogP contribution in [0.2, 0.25) is 0 Å². The second-order valence-corrected chi connectivity index (χ2v) is 6.93. The monoisotopic (exact) mass is 471 g/mol. The molecular weight excluding hydrogens is 441 g/mol. The summed E-state index contributed by atoms with van der Waals surface area (Å²) in [6.07, 6.45) is 9.18. The standard InChI is InChI=1S/C18H29N7.HI/c1-13(2)25-12-15-5-6-16(11-17(15)23-25)22-18(19-4)21-8-10-24-9-7-20-14(24)3;/h7,9,12-13,16H,5-6,8,10-11H2,1-4H3,(H2,19,21,22);1H. The minimum Gasteiger partial charge on any atom is -0.355 e. The quantitative estimate of drug-likeness (QED) is 0.399. The third kappa shape index (κ3) is 4.99. The molecule has 0 saturated carbocycles. The van der Waals surface area contributed by atoms with Gasteiger partial charge in [0.1, 0.15) is 5.82 Å². The van der Waals surface area contributed by atoms with Gasteiger partial charge in [0.2, 0.25) is 0 Å². The predicted molar refractivity (Wildman–Crippen MR) is 115 cm³/mol. The minimum atomic E-state index is 0. The third-order valence-electron chi connectivity index (χ3n) is 4.76. The topological polar surface area (TPSA) is 72.1 Å². The van der Waals surface area contributed by atoms with Crippen molar-refractivity contribution in [3.63, 3.8) is 0 Å². The van der Waals surface area contributed by atoms with E-state index >= 15 is 0 Å². The largest absolute Gasteiger partial charge is 0.355 e. The summed E-state index contributed by atoms with van der Waals surface area (Å²) in [5.74, 6) is 1.89. The van der Waals surface area contributed by atoms with Crippen molar-refractivity contribution in [1.82, 2.24) is 30.0 Å². The molecule has 0 aliphatic heterocycles. The van der Waals surface area contributed by atoms with E-state index in [0.29, 0.717) is 12.1 Å². The zero-order valence-electron chi connectivity index (χ0n) is 16.1. The Morgan fingerprint density at radius 3 is 2.88 bits per heavy atom. The molecule has 26 heavy (non-hydrogen) atoms. The maximum atomic E-state index is 4.75. The zero-order chi connectivity index (χ0) is 17.8. The van der Waals surface area contributed by atoms with E-state index < -0.39 is 0 Å². The molecule has 0 amide bonds. The van der Waals surface area contributed by atoms with Gasteiger partial charge in [-0.05, 0) is 39.2 Å². The van der Waals surface area contributed by atoms with Gasteiger partial charge in [-0.25, -0.2) is 4.98 Å². The average molecular weight is 471 g/mol. The van der Waals surface area contributed by atoms with Gasteiger partial charge in [0.25, 0.3) is 0 Å². The fraction of sp³-hybridized carbons (Fsp3) is 0.611. The fourth-order valence-corrected chi connectivity index (χ4v) is 3.22. The Balaban J connectivity index is 0.00000243. The van der Waals surface area contributed by atoms with Crippen LogP contribution in [0.5, 0.6) is 0 Å². The van der Waals surface area contributed by atoms with Crippen LogP contribution in [0.15, 0.2) is 23.6 Å². The third-order valence-corrected chi connectivity index (χ3v) is 4.76. The molecule has 0 fully saturated rings. The molecule has 0 bridgehead atoms. The summed E-state index contributed by atoms with van der Waals surface area (Å²) in [5.41, 5.74) is 2.62. The van der Waals surface area contributed by atoms with Crippen LogP contribution in [0.25, 0.3) is 0 Å². The van der Waals surface area contributed by atoms with E-state index in [9.17, 15) is 0 Å². The van der Waals surface area contributed by atoms with Gasteiger partial charge in [-0.3, -0.25) is 9.67 Å². The smallest absolute Gasteiger partial charge is 0.191 e. The Morgan fingerprint density at radius 2 is 2.23 bits per heavy atom. The van der Waals surface area contributed by atoms with Crippen LogP contribution >= 0.6 is 24.0 Å². The number of hydrogen-bond acceptors (Lipinski definition) is 3. The number of rotatable bonds is 5. The molecule has 3 rings (SSSR count). The van der Waals surface area contributed by atoms with Gasteiger partial charge in [0.15, 0.2) is 5.96 Å². The second kappa shape index (κ2) is 9.38. The van der Waals surface area contributed by atoms with Crippen molar-refractivity contribution in [3.8, 4) is 0 Å². The summed E-state index contributed by atoms with van der Waals surface area (Å²) < 4.78 is 4.21. The Kier molecular flexibility index (Phi) is 7.48. The summed E-state index contributed by atoms with van der Waals surface area (Å²) >= 11 is 0. The van der Waals surface area contributed by atoms with Crippen LogP contribution in [0.4, 0.5) is 0 Å². The lowest BCUT2D eigenvalue weighted by Crippen LogP contribution is -2.46. The van der Waals surface area contributed by atoms with Gasteiger partial charge < -0.3 is 15.2 Å². The number of hydrogen-bond donors (Lipinski definition) is 2. The summed E-state index contributed by atoms with van der Waals surface area (Å²) in [7, 11) is 1.82. The molecule has 1 aliphatic rings. The number of imidazole rings is 1. The molecule has 2 heterocycles. The van der Waals surface area contributed by atoms with E-state index in [4.69, 9.17) is 5.10 Å². The molecule has 144 valence electrons. The molecule has 0 saturated heterocycles. The zero-order valence-corrected chi connectivity index (χ0v) is 18.4. The van der Waals surface area contributed by atoms with E-state index in [-0.39, 0.29) is 24.0 Å². The Hall–Kier alpha value is -1.58. The predicted octanol–water partition coefficient (Wildman–Crippen LogP) is 2.31. The number of aromatic nitrogens is 4. The average Bonchev–Trinajstić information content (AvgIpc) is 3.20. The van der Waals surface area contributed by atoms with Crippen LogP contribution in [-0.2, 0) is 19.4 Å². The van der Waals surface area contributed by atoms with E-state index in [1.54, 1.807) is 0 Å². The lowest BCUT2D eigenvalue weighted by molar-refractivity contribution is 0.498. The van der Waals surface area contributed by atoms with Crippen LogP contribution < -0.4 is 10.6 Å². The van der Waals surface area contributed by atoms with Gasteiger partial charge in [-0.15, -0.1) is 24.0 Å². The van der Waals surface area contributed by atoms with Gasteiger partial charge >= 0.3 is 0 Å². The van der Waals surface area contributed by atoms with Gasteiger partial charge in [-0.1, -0.05) is 0 Å². The molecule has 8 heteroatoms. The molecule has 2 N–H and O–H groups in total. The van der Waals surface area contributed by atoms with Crippen LogP contribution in [0, 0.1) is 6.92 Å². The molecule has 1 aliphatic carbocycles. The van der Waals surface area contributed by atoms with Crippen molar-refractivity contribution < 1.29 is 0 Å². The number of aliphatic imine (C=N–C) groups is 1. The molecule has 7 nitrogen and oxygen atoms in total. The molecule has 2 aromatic heterocycles. The molecule has 0 aromatic carbocycles. The van der Waals surface area contributed by atoms with Crippen molar-refractivity contribution in [1.29, 1.82) is 0 Å². The van der Waals surface area contributed by atoms with Crippen LogP contribution in [0.1, 0.15) is 43.4 Å². The lowest BCUT2D eigenvalue weighted by Gasteiger charge is -2.24. The minimum absolute atomic E-state index is 0. The second-order valence-electron chi connectivity index (χ2n) is 6.93. The van der Waals surface area contributed by atoms with E-state index in [1.165, 1.54) is 11.3 Å². The van der Waals surface area contributed by atoms with Crippen molar-refractivity contribution in [2.75, 3.05) is 13.6 Å². The van der Waals surface area contributed by atoms with E-state index in [2.05, 4.69) is 49.9 Å². The first kappa shape index (κ1) is 20.7. The summed E-state index contributed by atoms with van der Waals surface area (Å²) in [6, 6.07) is 0.794. The number of aryl methyl sites for hydroxylation is 2.